The predicted molar refractivity (Wildman–Crippen MR) is 47.9 cm³/mol. The molecule has 0 atom stereocenters. The molecule has 2 rings (SSSR count). The summed E-state index contributed by atoms with van der Waals surface area (Å²) in [5, 5.41) is 8.83. The molecule has 0 fully saturated rings. The van der Waals surface area contributed by atoms with Crippen LogP contribution in [-0.4, -0.2) is 11.1 Å². The minimum Gasteiger partial charge on any atom is -0.475 e. The Morgan fingerprint density at radius 3 is 2.79 bits per heavy atom. The van der Waals surface area contributed by atoms with Crippen LogP contribution in [0.4, 0.5) is 4.39 Å². The Hall–Kier alpha value is -1.84. The van der Waals surface area contributed by atoms with Crippen molar-refractivity contribution >= 4 is 16.9 Å². The van der Waals surface area contributed by atoms with E-state index in [4.69, 9.17) is 9.52 Å². The highest BCUT2D eigenvalue weighted by atomic mass is 19.1. The highest BCUT2D eigenvalue weighted by molar-refractivity contribution is 5.93. The van der Waals surface area contributed by atoms with Crippen LogP contribution in [0.1, 0.15) is 16.1 Å². The van der Waals surface area contributed by atoms with Gasteiger partial charge in [-0.1, -0.05) is 12.1 Å². The van der Waals surface area contributed by atoms with Crippen molar-refractivity contribution in [3.63, 3.8) is 0 Å². The van der Waals surface area contributed by atoms with Crippen molar-refractivity contribution in [2.75, 3.05) is 0 Å². The first-order valence-corrected chi connectivity index (χ1v) is 4.02. The minimum atomic E-state index is -1.39. The van der Waals surface area contributed by atoms with Gasteiger partial charge in [-0.2, -0.15) is 0 Å². The lowest BCUT2D eigenvalue weighted by Crippen LogP contribution is -1.95. The third kappa shape index (κ3) is 1.08. The second-order valence-electron chi connectivity index (χ2n) is 3.00. The molecule has 0 aliphatic carbocycles. The van der Waals surface area contributed by atoms with Crippen LogP contribution in [0.5, 0.6) is 0 Å². The Bertz CT molecular complexity index is 513. The van der Waals surface area contributed by atoms with Crippen molar-refractivity contribution in [1.82, 2.24) is 0 Å². The Kier molecular flexibility index (Phi) is 1.77. The Labute approximate surface area is 78.8 Å². The summed E-state index contributed by atoms with van der Waals surface area (Å²) >= 11 is 0. The van der Waals surface area contributed by atoms with Crippen LogP contribution in [0.2, 0.25) is 0 Å². The first kappa shape index (κ1) is 8.74. The van der Waals surface area contributed by atoms with Crippen LogP contribution in [0.25, 0.3) is 11.0 Å². The van der Waals surface area contributed by atoms with Gasteiger partial charge in [-0.15, -0.1) is 0 Å². The van der Waals surface area contributed by atoms with Crippen molar-refractivity contribution in [1.29, 1.82) is 0 Å². The average Bonchev–Trinajstić information content (AvgIpc) is 2.46. The summed E-state index contributed by atoms with van der Waals surface area (Å²) in [5.41, 5.74) is 1.01. The zero-order valence-corrected chi connectivity index (χ0v) is 7.37. The standard InChI is InChI=1S/C10H7FO3/c1-5-3-2-4-6-7(11)9(10(12)13)14-8(5)6/h2-4H,1H3,(H,12,13). The largest absolute Gasteiger partial charge is 0.475 e. The molecular weight excluding hydrogens is 187 g/mol. The van der Waals surface area contributed by atoms with Gasteiger partial charge >= 0.3 is 5.97 Å². The van der Waals surface area contributed by atoms with Gasteiger partial charge < -0.3 is 9.52 Å². The van der Waals surface area contributed by atoms with Crippen LogP contribution >= 0.6 is 0 Å². The van der Waals surface area contributed by atoms with E-state index in [1.165, 1.54) is 6.07 Å². The molecule has 0 aliphatic rings. The third-order valence-corrected chi connectivity index (χ3v) is 2.05. The molecule has 1 heterocycles. The van der Waals surface area contributed by atoms with Gasteiger partial charge in [0.1, 0.15) is 5.58 Å². The van der Waals surface area contributed by atoms with E-state index in [0.29, 0.717) is 11.1 Å². The smallest absolute Gasteiger partial charge is 0.374 e. The highest BCUT2D eigenvalue weighted by Crippen LogP contribution is 2.26. The van der Waals surface area contributed by atoms with Crippen molar-refractivity contribution < 1.29 is 18.7 Å². The lowest BCUT2D eigenvalue weighted by molar-refractivity contribution is 0.0658. The number of aromatic carboxylic acids is 1. The number of carbonyl (C=O) groups is 1. The quantitative estimate of drug-likeness (QED) is 0.758. The molecule has 3 nitrogen and oxygen atoms in total. The van der Waals surface area contributed by atoms with Gasteiger partial charge in [-0.3, -0.25) is 0 Å². The normalized spacial score (nSPS) is 10.7. The molecule has 0 saturated carbocycles. The van der Waals surface area contributed by atoms with E-state index < -0.39 is 17.5 Å². The van der Waals surface area contributed by atoms with Crippen LogP contribution in [0.3, 0.4) is 0 Å². The molecule has 1 aromatic heterocycles. The Morgan fingerprint density at radius 1 is 1.50 bits per heavy atom. The summed E-state index contributed by atoms with van der Waals surface area (Å²) < 4.78 is 18.3. The molecule has 0 bridgehead atoms. The topological polar surface area (TPSA) is 50.4 Å². The molecule has 1 N–H and O–H groups in total. The fourth-order valence-corrected chi connectivity index (χ4v) is 1.37. The molecule has 0 spiro atoms. The molecule has 4 heteroatoms. The molecule has 0 aliphatic heterocycles. The lowest BCUT2D eigenvalue weighted by Gasteiger charge is -1.90. The maximum absolute atomic E-state index is 13.4. The molecule has 1 aromatic carbocycles. The van der Waals surface area contributed by atoms with E-state index in [1.807, 2.05) is 0 Å². The number of carboxylic acid groups (broad SMARTS) is 1. The summed E-state index contributed by atoms with van der Waals surface area (Å²) in [4.78, 5) is 10.6. The minimum absolute atomic E-state index is 0.211. The second-order valence-corrected chi connectivity index (χ2v) is 3.00. The van der Waals surface area contributed by atoms with Crippen molar-refractivity contribution in [2.24, 2.45) is 0 Å². The van der Waals surface area contributed by atoms with Crippen LogP contribution < -0.4 is 0 Å². The average molecular weight is 194 g/mol. The number of hydrogen-bond acceptors (Lipinski definition) is 2. The SMILES string of the molecule is Cc1cccc2c(F)c(C(=O)O)oc12. The summed E-state index contributed by atoms with van der Waals surface area (Å²) in [5.74, 6) is -2.83. The number of benzene rings is 1. The van der Waals surface area contributed by atoms with E-state index in [1.54, 1.807) is 19.1 Å². The first-order chi connectivity index (χ1) is 6.61. The molecule has 0 radical (unpaired) electrons. The summed E-state index contributed by atoms with van der Waals surface area (Å²) in [6, 6.07) is 4.88. The van der Waals surface area contributed by atoms with Gasteiger partial charge in [0.2, 0.25) is 5.76 Å². The lowest BCUT2D eigenvalue weighted by atomic mass is 10.2. The summed E-state index contributed by atoms with van der Waals surface area (Å²) in [7, 11) is 0. The molecular formula is C10H7FO3. The summed E-state index contributed by atoms with van der Waals surface area (Å²) in [6.45, 7) is 1.73. The van der Waals surface area contributed by atoms with E-state index in [2.05, 4.69) is 0 Å². The molecule has 14 heavy (non-hydrogen) atoms. The van der Waals surface area contributed by atoms with Gasteiger partial charge in [0.15, 0.2) is 5.82 Å². The van der Waals surface area contributed by atoms with E-state index in [9.17, 15) is 9.18 Å². The van der Waals surface area contributed by atoms with Gasteiger partial charge in [0, 0.05) is 0 Å². The van der Waals surface area contributed by atoms with E-state index >= 15 is 0 Å². The van der Waals surface area contributed by atoms with Crippen LogP contribution in [0, 0.1) is 12.7 Å². The van der Waals surface area contributed by atoms with Gasteiger partial charge in [0.05, 0.1) is 5.39 Å². The van der Waals surface area contributed by atoms with Gasteiger partial charge in [0.25, 0.3) is 0 Å². The molecule has 0 amide bonds. The molecule has 0 saturated heterocycles. The predicted octanol–water partition coefficient (Wildman–Crippen LogP) is 2.58. The number of fused-ring (bicyclic) bond motifs is 1. The second kappa shape index (κ2) is 2.83. The maximum atomic E-state index is 13.4. The monoisotopic (exact) mass is 194 g/mol. The zero-order valence-electron chi connectivity index (χ0n) is 7.37. The number of rotatable bonds is 1. The molecule has 72 valence electrons. The number of hydrogen-bond donors (Lipinski definition) is 1. The van der Waals surface area contributed by atoms with Crippen molar-refractivity contribution in [3.05, 3.63) is 35.3 Å². The summed E-state index contributed by atoms with van der Waals surface area (Å²) in [6.07, 6.45) is 0. The van der Waals surface area contributed by atoms with Crippen LogP contribution in [0.15, 0.2) is 22.6 Å². The number of aryl methyl sites for hydroxylation is 1. The number of carboxylic acids is 1. The first-order valence-electron chi connectivity index (χ1n) is 4.02. The Balaban J connectivity index is 2.86. The zero-order chi connectivity index (χ0) is 10.3. The van der Waals surface area contributed by atoms with Gasteiger partial charge in [-0.25, -0.2) is 9.18 Å². The molecule has 2 aromatic rings. The number of furan rings is 1. The van der Waals surface area contributed by atoms with Crippen molar-refractivity contribution in [2.45, 2.75) is 6.92 Å². The van der Waals surface area contributed by atoms with E-state index in [-0.39, 0.29) is 5.39 Å². The van der Waals surface area contributed by atoms with E-state index in [0.717, 1.165) is 0 Å². The van der Waals surface area contributed by atoms with Crippen LogP contribution in [-0.2, 0) is 0 Å². The highest BCUT2D eigenvalue weighted by Gasteiger charge is 2.20. The molecule has 0 unspecified atom stereocenters. The fourth-order valence-electron chi connectivity index (χ4n) is 1.37. The van der Waals surface area contributed by atoms with Crippen molar-refractivity contribution in [3.8, 4) is 0 Å². The third-order valence-electron chi connectivity index (χ3n) is 2.05. The Morgan fingerprint density at radius 2 is 2.21 bits per heavy atom. The number of halogens is 1. The maximum Gasteiger partial charge on any atom is 0.374 e. The van der Waals surface area contributed by atoms with Gasteiger partial charge in [-0.05, 0) is 18.6 Å². The fraction of sp³-hybridized carbons (Fsp3) is 0.100. The number of para-hydroxylation sites is 1.